The second-order valence-electron chi connectivity index (χ2n) is 4.25. The fourth-order valence-corrected chi connectivity index (χ4v) is 3.86. The average molecular weight is 296 g/mol. The molecular weight excluding hydrogens is 276 g/mol. The topological polar surface area (TPSA) is 34.1 Å². The maximum Gasteiger partial charge on any atom is 0.151 e. The Balaban J connectivity index is 1.60. The SMILES string of the molecule is COCCNCCCCSc1nc2ccccc2s1. The Bertz CT molecular complexity index is 454. The number of benzene rings is 1. The quantitative estimate of drug-likeness (QED) is 0.568. The van der Waals surface area contributed by atoms with Crippen LogP contribution in [0.4, 0.5) is 0 Å². The summed E-state index contributed by atoms with van der Waals surface area (Å²) in [7, 11) is 1.73. The summed E-state index contributed by atoms with van der Waals surface area (Å²) in [6.07, 6.45) is 2.43. The summed E-state index contributed by atoms with van der Waals surface area (Å²) in [5, 5.41) is 3.36. The monoisotopic (exact) mass is 296 g/mol. The molecule has 0 unspecified atom stereocenters. The minimum Gasteiger partial charge on any atom is -0.383 e. The molecule has 0 bridgehead atoms. The number of hydrogen-bond acceptors (Lipinski definition) is 5. The minimum absolute atomic E-state index is 0.792. The van der Waals surface area contributed by atoms with Crippen LogP contribution in [0.25, 0.3) is 10.2 Å². The molecule has 19 heavy (non-hydrogen) atoms. The Morgan fingerprint density at radius 1 is 1.26 bits per heavy atom. The number of hydrogen-bond donors (Lipinski definition) is 1. The predicted octanol–water partition coefficient (Wildman–Crippen LogP) is 3.40. The summed E-state index contributed by atoms with van der Waals surface area (Å²) in [4.78, 5) is 4.62. The standard InChI is InChI=1S/C14H20N2OS2/c1-17-10-9-15-8-4-5-11-18-14-16-12-6-2-3-7-13(12)19-14/h2-3,6-7,15H,4-5,8-11H2,1H3. The van der Waals surface area contributed by atoms with Crippen molar-refractivity contribution in [1.82, 2.24) is 10.3 Å². The lowest BCUT2D eigenvalue weighted by Crippen LogP contribution is -2.20. The van der Waals surface area contributed by atoms with E-state index in [1.54, 1.807) is 18.4 Å². The van der Waals surface area contributed by atoms with E-state index >= 15 is 0 Å². The third-order valence-electron chi connectivity index (χ3n) is 2.73. The second kappa shape index (κ2) is 8.53. The normalized spacial score (nSPS) is 11.2. The van der Waals surface area contributed by atoms with Gasteiger partial charge in [-0.25, -0.2) is 4.98 Å². The Kier molecular flexibility index (Phi) is 6.64. The van der Waals surface area contributed by atoms with E-state index in [-0.39, 0.29) is 0 Å². The van der Waals surface area contributed by atoms with E-state index in [2.05, 4.69) is 28.5 Å². The Morgan fingerprint density at radius 3 is 3.00 bits per heavy atom. The first-order valence-electron chi connectivity index (χ1n) is 6.58. The summed E-state index contributed by atoms with van der Waals surface area (Å²) in [6.45, 7) is 2.81. The molecule has 0 spiro atoms. The maximum absolute atomic E-state index is 4.98. The fraction of sp³-hybridized carbons (Fsp3) is 0.500. The van der Waals surface area contributed by atoms with Crippen molar-refractivity contribution in [3.8, 4) is 0 Å². The highest BCUT2D eigenvalue weighted by Crippen LogP contribution is 2.29. The molecule has 0 atom stereocenters. The zero-order chi connectivity index (χ0) is 13.3. The molecule has 0 saturated carbocycles. The third kappa shape index (κ3) is 5.10. The third-order valence-corrected chi connectivity index (χ3v) is 5.00. The van der Waals surface area contributed by atoms with E-state index in [4.69, 9.17) is 4.74 Å². The molecule has 0 amide bonds. The van der Waals surface area contributed by atoms with Gasteiger partial charge >= 0.3 is 0 Å². The molecule has 0 radical (unpaired) electrons. The van der Waals surface area contributed by atoms with Gasteiger partial charge in [0.05, 0.1) is 16.8 Å². The van der Waals surface area contributed by atoms with Gasteiger partial charge in [-0.3, -0.25) is 0 Å². The van der Waals surface area contributed by atoms with Crippen LogP contribution in [0.2, 0.25) is 0 Å². The van der Waals surface area contributed by atoms with E-state index in [0.29, 0.717) is 0 Å². The number of nitrogens with one attached hydrogen (secondary N) is 1. The van der Waals surface area contributed by atoms with Crippen molar-refractivity contribution in [2.75, 3.05) is 32.6 Å². The number of fused-ring (bicyclic) bond motifs is 1. The van der Waals surface area contributed by atoms with Gasteiger partial charge in [0.25, 0.3) is 0 Å². The van der Waals surface area contributed by atoms with Crippen LogP contribution in [0.1, 0.15) is 12.8 Å². The molecule has 5 heteroatoms. The van der Waals surface area contributed by atoms with Gasteiger partial charge in [-0.15, -0.1) is 11.3 Å². The first kappa shape index (κ1) is 14.8. The number of ether oxygens (including phenoxy) is 1. The number of aromatic nitrogens is 1. The van der Waals surface area contributed by atoms with Crippen LogP contribution in [0.15, 0.2) is 28.6 Å². The first-order valence-corrected chi connectivity index (χ1v) is 8.38. The van der Waals surface area contributed by atoms with Crippen molar-refractivity contribution in [3.63, 3.8) is 0 Å². The first-order chi connectivity index (χ1) is 9.40. The molecule has 1 aromatic heterocycles. The molecule has 1 N–H and O–H groups in total. The summed E-state index contributed by atoms with van der Waals surface area (Å²) >= 11 is 3.66. The molecule has 0 aliphatic heterocycles. The molecule has 0 saturated heterocycles. The number of rotatable bonds is 9. The van der Waals surface area contributed by atoms with Gasteiger partial charge < -0.3 is 10.1 Å². The molecule has 2 aromatic rings. The summed E-state index contributed by atoms with van der Waals surface area (Å²) < 4.78 is 7.45. The van der Waals surface area contributed by atoms with E-state index in [1.165, 1.54) is 21.9 Å². The van der Waals surface area contributed by atoms with E-state index < -0.39 is 0 Å². The zero-order valence-corrected chi connectivity index (χ0v) is 12.9. The van der Waals surface area contributed by atoms with Crippen molar-refractivity contribution in [3.05, 3.63) is 24.3 Å². The van der Waals surface area contributed by atoms with Gasteiger partial charge in [0.2, 0.25) is 0 Å². The van der Waals surface area contributed by atoms with Crippen LogP contribution in [-0.4, -0.2) is 37.5 Å². The van der Waals surface area contributed by atoms with Crippen LogP contribution in [0.3, 0.4) is 0 Å². The molecule has 0 aliphatic carbocycles. The predicted molar refractivity (Wildman–Crippen MR) is 84.3 cm³/mol. The van der Waals surface area contributed by atoms with E-state index in [9.17, 15) is 0 Å². The number of thiazole rings is 1. The maximum atomic E-state index is 4.98. The molecule has 0 aliphatic rings. The second-order valence-corrected chi connectivity index (χ2v) is 6.62. The average Bonchev–Trinajstić information content (AvgIpc) is 2.84. The van der Waals surface area contributed by atoms with Crippen LogP contribution in [0, 0.1) is 0 Å². The summed E-state index contributed by atoms with van der Waals surface area (Å²) in [5.41, 5.74) is 1.12. The number of unbranched alkanes of at least 4 members (excludes halogenated alkanes) is 1. The molecule has 104 valence electrons. The van der Waals surface area contributed by atoms with Crippen LogP contribution in [-0.2, 0) is 4.74 Å². The lowest BCUT2D eigenvalue weighted by atomic mass is 10.3. The highest BCUT2D eigenvalue weighted by Gasteiger charge is 2.02. The number of methoxy groups -OCH3 is 1. The molecule has 1 heterocycles. The largest absolute Gasteiger partial charge is 0.383 e. The minimum atomic E-state index is 0.792. The smallest absolute Gasteiger partial charge is 0.151 e. The van der Waals surface area contributed by atoms with Crippen molar-refractivity contribution in [1.29, 1.82) is 0 Å². The molecule has 1 aromatic carbocycles. The summed E-state index contributed by atoms with van der Waals surface area (Å²) in [6, 6.07) is 8.33. The highest BCUT2D eigenvalue weighted by atomic mass is 32.2. The van der Waals surface area contributed by atoms with Gasteiger partial charge in [-0.2, -0.15) is 0 Å². The molecule has 3 nitrogen and oxygen atoms in total. The highest BCUT2D eigenvalue weighted by molar-refractivity contribution is 8.01. The van der Waals surface area contributed by atoms with Gasteiger partial charge in [-0.1, -0.05) is 23.9 Å². The number of para-hydroxylation sites is 1. The van der Waals surface area contributed by atoms with E-state index in [0.717, 1.165) is 31.0 Å². The molecule has 2 rings (SSSR count). The lowest BCUT2D eigenvalue weighted by molar-refractivity contribution is 0.199. The van der Waals surface area contributed by atoms with Crippen molar-refractivity contribution in [2.45, 2.75) is 17.2 Å². The summed E-state index contributed by atoms with van der Waals surface area (Å²) in [5.74, 6) is 1.14. The fourth-order valence-electron chi connectivity index (χ4n) is 1.72. The van der Waals surface area contributed by atoms with Gasteiger partial charge in [0.1, 0.15) is 0 Å². The van der Waals surface area contributed by atoms with Crippen LogP contribution < -0.4 is 5.32 Å². The van der Waals surface area contributed by atoms with Gasteiger partial charge in [0.15, 0.2) is 4.34 Å². The van der Waals surface area contributed by atoms with Gasteiger partial charge in [0, 0.05) is 19.4 Å². The Labute approximate surface area is 122 Å². The zero-order valence-electron chi connectivity index (χ0n) is 11.2. The van der Waals surface area contributed by atoms with Crippen LogP contribution in [0.5, 0.6) is 0 Å². The van der Waals surface area contributed by atoms with E-state index in [1.807, 2.05) is 17.8 Å². The van der Waals surface area contributed by atoms with Gasteiger partial charge in [-0.05, 0) is 31.5 Å². The van der Waals surface area contributed by atoms with Crippen molar-refractivity contribution in [2.24, 2.45) is 0 Å². The number of thioether (sulfide) groups is 1. The Hall–Kier alpha value is -0.620. The van der Waals surface area contributed by atoms with Crippen molar-refractivity contribution >= 4 is 33.3 Å². The number of nitrogens with zero attached hydrogens (tertiary/aromatic N) is 1. The lowest BCUT2D eigenvalue weighted by Gasteiger charge is -2.02. The van der Waals surface area contributed by atoms with Crippen LogP contribution >= 0.6 is 23.1 Å². The Morgan fingerprint density at radius 2 is 2.16 bits per heavy atom. The molecular formula is C14H20N2OS2. The van der Waals surface area contributed by atoms with Crippen molar-refractivity contribution < 1.29 is 4.74 Å². The molecule has 0 fully saturated rings.